The second-order valence-corrected chi connectivity index (χ2v) is 8.09. The van der Waals surface area contributed by atoms with Gasteiger partial charge >= 0.3 is 12.1 Å². The van der Waals surface area contributed by atoms with E-state index in [1.807, 2.05) is 26.0 Å². The van der Waals surface area contributed by atoms with Crippen LogP contribution in [0.2, 0.25) is 0 Å². The third-order valence-corrected chi connectivity index (χ3v) is 3.78. The van der Waals surface area contributed by atoms with Gasteiger partial charge in [-0.3, -0.25) is 9.59 Å². The molecule has 1 rings (SSSR count). The van der Waals surface area contributed by atoms with Gasteiger partial charge in [0.05, 0.1) is 7.11 Å². The van der Waals surface area contributed by atoms with Crippen molar-refractivity contribution in [3.63, 3.8) is 0 Å². The molecule has 0 aromatic heterocycles. The molecule has 2 N–H and O–H groups in total. The molecule has 0 radical (unpaired) electrons. The van der Waals surface area contributed by atoms with E-state index >= 15 is 0 Å². The molecule has 28 heavy (non-hydrogen) atoms. The second-order valence-electron chi connectivity index (χ2n) is 8.09. The minimum Gasteiger partial charge on any atom is -0.469 e. The lowest BCUT2D eigenvalue weighted by atomic mass is 10.0. The van der Waals surface area contributed by atoms with E-state index < -0.39 is 17.7 Å². The number of hydrogen-bond acceptors (Lipinski definition) is 5. The Labute approximate surface area is 167 Å². The van der Waals surface area contributed by atoms with Crippen LogP contribution in [-0.2, 0) is 25.5 Å². The van der Waals surface area contributed by atoms with Gasteiger partial charge in [-0.05, 0) is 57.2 Å². The van der Waals surface area contributed by atoms with Crippen molar-refractivity contribution in [2.45, 2.75) is 65.5 Å². The summed E-state index contributed by atoms with van der Waals surface area (Å²) in [5.41, 5.74) is 0.948. The molecule has 1 aromatic carbocycles. The summed E-state index contributed by atoms with van der Waals surface area (Å²) in [6.07, 6.45) is 0.740. The molecule has 0 unspecified atom stereocenters. The average Bonchev–Trinajstić information content (AvgIpc) is 2.58. The number of carbonyl (C=O) groups excluding carboxylic acids is 3. The van der Waals surface area contributed by atoms with Crippen molar-refractivity contribution in [1.82, 2.24) is 5.32 Å². The molecule has 0 heterocycles. The maximum atomic E-state index is 12.6. The zero-order chi connectivity index (χ0) is 21.3. The summed E-state index contributed by atoms with van der Waals surface area (Å²) in [6.45, 7) is 9.27. The first-order chi connectivity index (χ1) is 13.0. The monoisotopic (exact) mass is 392 g/mol. The molecule has 7 heteroatoms. The number of nitrogens with one attached hydrogen (secondary N) is 2. The lowest BCUT2D eigenvalue weighted by molar-refractivity contribution is -0.140. The van der Waals surface area contributed by atoms with Crippen molar-refractivity contribution in [3.8, 4) is 0 Å². The van der Waals surface area contributed by atoms with Crippen LogP contribution in [0.25, 0.3) is 0 Å². The summed E-state index contributed by atoms with van der Waals surface area (Å²) in [5, 5.41) is 5.47. The predicted molar refractivity (Wildman–Crippen MR) is 108 cm³/mol. The smallest absolute Gasteiger partial charge is 0.408 e. The molecular formula is C21H32N2O5. The Balaban J connectivity index is 2.71. The van der Waals surface area contributed by atoms with Crippen molar-refractivity contribution in [2.75, 3.05) is 12.4 Å². The fourth-order valence-electron chi connectivity index (χ4n) is 2.49. The van der Waals surface area contributed by atoms with E-state index in [2.05, 4.69) is 15.4 Å². The van der Waals surface area contributed by atoms with Gasteiger partial charge in [0.1, 0.15) is 11.6 Å². The fourth-order valence-corrected chi connectivity index (χ4v) is 2.49. The maximum Gasteiger partial charge on any atom is 0.408 e. The minimum atomic E-state index is -0.700. The zero-order valence-electron chi connectivity index (χ0n) is 17.6. The van der Waals surface area contributed by atoms with Gasteiger partial charge in [-0.1, -0.05) is 26.0 Å². The van der Waals surface area contributed by atoms with Crippen LogP contribution in [0.4, 0.5) is 10.5 Å². The first kappa shape index (κ1) is 23.5. The Hall–Kier alpha value is -2.57. The molecule has 156 valence electrons. The highest BCUT2D eigenvalue weighted by Gasteiger charge is 2.25. The largest absolute Gasteiger partial charge is 0.469 e. The van der Waals surface area contributed by atoms with Gasteiger partial charge in [-0.2, -0.15) is 0 Å². The molecule has 0 aliphatic rings. The molecule has 0 saturated carbocycles. The molecule has 0 bridgehead atoms. The highest BCUT2D eigenvalue weighted by atomic mass is 16.6. The van der Waals surface area contributed by atoms with E-state index in [4.69, 9.17) is 4.74 Å². The van der Waals surface area contributed by atoms with Gasteiger partial charge in [-0.25, -0.2) is 4.79 Å². The SMILES string of the molecule is COC(=O)CCc1ccc(NC(=O)[C@H](CC(C)C)NC(=O)OC(C)(C)C)cc1. The molecule has 0 aliphatic heterocycles. The number of aryl methyl sites for hydroxylation is 1. The van der Waals surface area contributed by atoms with Crippen molar-refractivity contribution >= 4 is 23.7 Å². The number of carbonyl (C=O) groups is 3. The zero-order valence-corrected chi connectivity index (χ0v) is 17.6. The number of methoxy groups -OCH3 is 1. The molecule has 0 saturated heterocycles. The van der Waals surface area contributed by atoms with Crippen molar-refractivity contribution < 1.29 is 23.9 Å². The quantitative estimate of drug-likeness (QED) is 0.659. The van der Waals surface area contributed by atoms with Crippen LogP contribution < -0.4 is 10.6 Å². The third-order valence-electron chi connectivity index (χ3n) is 3.78. The third kappa shape index (κ3) is 9.39. The van der Waals surface area contributed by atoms with Gasteiger partial charge in [-0.15, -0.1) is 0 Å². The van der Waals surface area contributed by atoms with E-state index in [0.29, 0.717) is 24.9 Å². The molecule has 1 atom stereocenters. The topological polar surface area (TPSA) is 93.7 Å². The molecule has 2 amide bonds. The highest BCUT2D eigenvalue weighted by molar-refractivity contribution is 5.96. The molecule has 0 fully saturated rings. The first-order valence-electron chi connectivity index (χ1n) is 9.46. The number of hydrogen-bond donors (Lipinski definition) is 2. The van der Waals surface area contributed by atoms with Crippen LogP contribution >= 0.6 is 0 Å². The fraction of sp³-hybridized carbons (Fsp3) is 0.571. The number of alkyl carbamates (subject to hydrolysis) is 1. The summed E-state index contributed by atoms with van der Waals surface area (Å²) >= 11 is 0. The highest BCUT2D eigenvalue weighted by Crippen LogP contribution is 2.14. The lowest BCUT2D eigenvalue weighted by Gasteiger charge is -2.24. The Morgan fingerprint density at radius 1 is 1.07 bits per heavy atom. The molecular weight excluding hydrogens is 360 g/mol. The van der Waals surface area contributed by atoms with E-state index in [9.17, 15) is 14.4 Å². The number of anilines is 1. The first-order valence-corrected chi connectivity index (χ1v) is 9.46. The summed E-state index contributed by atoms with van der Waals surface area (Å²) < 4.78 is 9.88. The molecule has 7 nitrogen and oxygen atoms in total. The van der Waals surface area contributed by atoms with Crippen LogP contribution in [0, 0.1) is 5.92 Å². The van der Waals surface area contributed by atoms with Crippen LogP contribution in [0.15, 0.2) is 24.3 Å². The van der Waals surface area contributed by atoms with Crippen molar-refractivity contribution in [2.24, 2.45) is 5.92 Å². The summed E-state index contributed by atoms with van der Waals surface area (Å²) in [6, 6.07) is 6.53. The standard InChI is InChI=1S/C21H32N2O5/c1-14(2)13-17(23-20(26)28-21(3,4)5)19(25)22-16-10-7-15(8-11-16)9-12-18(24)27-6/h7-8,10-11,14,17H,9,12-13H2,1-6H3,(H,22,25)(H,23,26)/t17-/m0/s1. The summed E-state index contributed by atoms with van der Waals surface area (Å²) in [5.74, 6) is -0.352. The van der Waals surface area contributed by atoms with Gasteiger partial charge in [0.25, 0.3) is 0 Å². The Morgan fingerprint density at radius 2 is 1.68 bits per heavy atom. The average molecular weight is 392 g/mol. The van der Waals surface area contributed by atoms with E-state index in [1.54, 1.807) is 32.9 Å². The maximum absolute atomic E-state index is 12.6. The van der Waals surface area contributed by atoms with E-state index in [0.717, 1.165) is 5.56 Å². The summed E-state index contributed by atoms with van der Waals surface area (Å²) in [4.78, 5) is 35.9. The molecule has 0 spiro atoms. The second kappa shape index (κ2) is 10.7. The van der Waals surface area contributed by atoms with Crippen LogP contribution in [-0.4, -0.2) is 36.7 Å². The van der Waals surface area contributed by atoms with Gasteiger partial charge < -0.3 is 20.1 Å². The van der Waals surface area contributed by atoms with Gasteiger partial charge in [0, 0.05) is 12.1 Å². The number of rotatable bonds is 8. The van der Waals surface area contributed by atoms with E-state index in [-0.39, 0.29) is 17.8 Å². The Bertz CT molecular complexity index is 662. The normalized spacial score (nSPS) is 12.2. The number of ether oxygens (including phenoxy) is 2. The minimum absolute atomic E-state index is 0.214. The molecule has 0 aliphatic carbocycles. The Morgan fingerprint density at radius 3 is 2.18 bits per heavy atom. The number of amides is 2. The van der Waals surface area contributed by atoms with E-state index in [1.165, 1.54) is 7.11 Å². The van der Waals surface area contributed by atoms with Crippen LogP contribution in [0.5, 0.6) is 0 Å². The van der Waals surface area contributed by atoms with Gasteiger partial charge in [0.15, 0.2) is 0 Å². The van der Waals surface area contributed by atoms with Gasteiger partial charge in [0.2, 0.25) is 5.91 Å². The number of esters is 1. The van der Waals surface area contributed by atoms with Crippen molar-refractivity contribution in [1.29, 1.82) is 0 Å². The lowest BCUT2D eigenvalue weighted by Crippen LogP contribution is -2.46. The van der Waals surface area contributed by atoms with Crippen LogP contribution in [0.3, 0.4) is 0 Å². The predicted octanol–water partition coefficient (Wildman–Crippen LogP) is 3.67. The molecule has 1 aromatic rings. The Kier molecular flexibility index (Phi) is 8.96. The summed E-state index contributed by atoms with van der Waals surface area (Å²) in [7, 11) is 1.36. The van der Waals surface area contributed by atoms with Crippen LogP contribution in [0.1, 0.15) is 53.0 Å². The van der Waals surface area contributed by atoms with Crippen molar-refractivity contribution in [3.05, 3.63) is 29.8 Å². The number of benzene rings is 1.